The molecule has 0 saturated heterocycles. The number of hydrogen-bond acceptors (Lipinski definition) is 0. The second kappa shape index (κ2) is 5.95. The summed E-state index contributed by atoms with van der Waals surface area (Å²) in [6, 6.07) is 7.05. The highest BCUT2D eigenvalue weighted by Gasteiger charge is 2.08. The van der Waals surface area contributed by atoms with E-state index in [1.807, 2.05) is 0 Å². The zero-order valence-corrected chi connectivity index (χ0v) is 10.6. The molecule has 0 spiro atoms. The molecule has 0 saturated carbocycles. The van der Waals surface area contributed by atoms with Crippen molar-refractivity contribution in [3.63, 3.8) is 0 Å². The van der Waals surface area contributed by atoms with Crippen LogP contribution in [0.1, 0.15) is 63.1 Å². The maximum atomic E-state index is 2.41. The van der Waals surface area contributed by atoms with Gasteiger partial charge in [0.1, 0.15) is 0 Å². The average Bonchev–Trinajstić information content (AvgIpc) is 2.28. The van der Waals surface area contributed by atoms with Crippen molar-refractivity contribution in [2.75, 3.05) is 0 Å². The van der Waals surface area contributed by atoms with Gasteiger partial charge in [-0.15, -0.1) is 0 Å². The van der Waals surface area contributed by atoms with E-state index in [0.29, 0.717) is 5.92 Å². The summed E-state index contributed by atoms with van der Waals surface area (Å²) in [4.78, 5) is 0. The minimum atomic E-state index is 0.706. The van der Waals surface area contributed by atoms with Crippen molar-refractivity contribution in [3.05, 3.63) is 34.9 Å². The van der Waals surface area contributed by atoms with Gasteiger partial charge in [0.15, 0.2) is 0 Å². The van der Waals surface area contributed by atoms with Gasteiger partial charge in [-0.3, -0.25) is 0 Å². The van der Waals surface area contributed by atoms with Gasteiger partial charge in [0, 0.05) is 0 Å². The Morgan fingerprint density at radius 3 is 2.40 bits per heavy atom. The van der Waals surface area contributed by atoms with Crippen LogP contribution in [0, 0.1) is 0 Å². The summed E-state index contributed by atoms with van der Waals surface area (Å²) in [5.41, 5.74) is 4.62. The van der Waals surface area contributed by atoms with E-state index >= 15 is 0 Å². The van der Waals surface area contributed by atoms with Gasteiger partial charge in [-0.1, -0.05) is 52.3 Å². The molecule has 0 aliphatic heterocycles. The van der Waals surface area contributed by atoms with Crippen LogP contribution >= 0.6 is 0 Å². The third kappa shape index (κ3) is 3.09. The quantitative estimate of drug-likeness (QED) is 0.651. The highest BCUT2D eigenvalue weighted by atomic mass is 14.1. The van der Waals surface area contributed by atoms with E-state index < -0.39 is 0 Å². The molecule has 1 aromatic rings. The lowest BCUT2D eigenvalue weighted by Crippen LogP contribution is -1.99. The summed E-state index contributed by atoms with van der Waals surface area (Å²) in [7, 11) is 0. The lowest BCUT2D eigenvalue weighted by molar-refractivity contribution is 0.717. The van der Waals surface area contributed by atoms with Crippen molar-refractivity contribution in [3.8, 4) is 0 Å². The monoisotopic (exact) mass is 204 g/mol. The molecule has 0 aromatic heterocycles. The van der Waals surface area contributed by atoms with Crippen molar-refractivity contribution < 1.29 is 0 Å². The van der Waals surface area contributed by atoms with Crippen molar-refractivity contribution in [2.24, 2.45) is 0 Å². The molecule has 0 fully saturated rings. The molecule has 1 rings (SSSR count). The van der Waals surface area contributed by atoms with Gasteiger partial charge in [-0.2, -0.15) is 0 Å². The third-order valence-electron chi connectivity index (χ3n) is 3.28. The summed E-state index contributed by atoms with van der Waals surface area (Å²) in [5, 5.41) is 0. The fraction of sp³-hybridized carbons (Fsp3) is 0.600. The van der Waals surface area contributed by atoms with Crippen LogP contribution in [-0.2, 0) is 12.8 Å². The molecule has 15 heavy (non-hydrogen) atoms. The lowest BCUT2D eigenvalue weighted by Gasteiger charge is -2.15. The van der Waals surface area contributed by atoms with Gasteiger partial charge in [0.2, 0.25) is 0 Å². The molecule has 0 heterocycles. The Labute approximate surface area is 94.7 Å². The van der Waals surface area contributed by atoms with Crippen LogP contribution in [-0.4, -0.2) is 0 Å². The summed E-state index contributed by atoms with van der Waals surface area (Å²) in [6.45, 7) is 9.10. The minimum absolute atomic E-state index is 0.706. The molecule has 1 atom stereocenters. The summed E-state index contributed by atoms with van der Waals surface area (Å²) < 4.78 is 0. The van der Waals surface area contributed by atoms with Crippen LogP contribution < -0.4 is 0 Å². The third-order valence-corrected chi connectivity index (χ3v) is 3.28. The van der Waals surface area contributed by atoms with E-state index in [1.165, 1.54) is 24.8 Å². The van der Waals surface area contributed by atoms with Crippen LogP contribution in [0.2, 0.25) is 0 Å². The van der Waals surface area contributed by atoms with E-state index in [0.717, 1.165) is 6.42 Å². The molecule has 0 amide bonds. The van der Waals surface area contributed by atoms with E-state index in [-0.39, 0.29) is 0 Å². The van der Waals surface area contributed by atoms with Crippen molar-refractivity contribution in [1.29, 1.82) is 0 Å². The molecule has 0 aliphatic carbocycles. The zero-order valence-electron chi connectivity index (χ0n) is 10.6. The van der Waals surface area contributed by atoms with E-state index in [4.69, 9.17) is 0 Å². The van der Waals surface area contributed by atoms with Gasteiger partial charge < -0.3 is 0 Å². The predicted octanol–water partition coefficient (Wildman–Crippen LogP) is 4.72. The zero-order chi connectivity index (χ0) is 11.3. The molecule has 84 valence electrons. The summed E-state index contributed by atoms with van der Waals surface area (Å²) in [6.07, 6.45) is 4.86. The number of benzene rings is 1. The van der Waals surface area contributed by atoms with Crippen LogP contribution in [0.15, 0.2) is 18.2 Å². The summed E-state index contributed by atoms with van der Waals surface area (Å²) >= 11 is 0. The van der Waals surface area contributed by atoms with Crippen molar-refractivity contribution in [1.82, 2.24) is 0 Å². The van der Waals surface area contributed by atoms with Crippen LogP contribution in [0.4, 0.5) is 0 Å². The van der Waals surface area contributed by atoms with Gasteiger partial charge in [-0.25, -0.2) is 0 Å². The largest absolute Gasteiger partial charge is 0.0651 e. The Morgan fingerprint density at radius 1 is 1.13 bits per heavy atom. The highest BCUT2D eigenvalue weighted by Crippen LogP contribution is 2.25. The van der Waals surface area contributed by atoms with Crippen LogP contribution in [0.25, 0.3) is 0 Å². The fourth-order valence-corrected chi connectivity index (χ4v) is 2.07. The first-order valence-electron chi connectivity index (χ1n) is 6.34. The molecule has 1 unspecified atom stereocenters. The minimum Gasteiger partial charge on any atom is -0.0651 e. The van der Waals surface area contributed by atoms with E-state index in [2.05, 4.69) is 45.9 Å². The molecule has 0 nitrogen and oxygen atoms in total. The Bertz CT molecular complexity index is 299. The molecule has 0 radical (unpaired) electrons. The van der Waals surface area contributed by atoms with Gasteiger partial charge in [0.05, 0.1) is 0 Å². The van der Waals surface area contributed by atoms with Gasteiger partial charge in [-0.05, 0) is 41.9 Å². The lowest BCUT2D eigenvalue weighted by atomic mass is 9.90. The standard InChI is InChI=1S/C15H24/c1-5-8-14-11-13(7-3)9-10-15(14)12(4)6-2/h9-12H,5-8H2,1-4H3. The maximum absolute atomic E-state index is 2.41. The number of hydrogen-bond donors (Lipinski definition) is 0. The van der Waals surface area contributed by atoms with Gasteiger partial charge >= 0.3 is 0 Å². The smallest absolute Gasteiger partial charge is 0.0190 e. The molecular weight excluding hydrogens is 180 g/mol. The normalized spacial score (nSPS) is 12.8. The molecule has 0 bridgehead atoms. The Morgan fingerprint density at radius 2 is 1.87 bits per heavy atom. The van der Waals surface area contributed by atoms with E-state index in [1.54, 1.807) is 11.1 Å². The Kier molecular flexibility index (Phi) is 4.87. The van der Waals surface area contributed by atoms with Crippen molar-refractivity contribution in [2.45, 2.75) is 59.3 Å². The predicted molar refractivity (Wildman–Crippen MR) is 68.5 cm³/mol. The Hall–Kier alpha value is -0.780. The first-order chi connectivity index (χ1) is 7.22. The highest BCUT2D eigenvalue weighted by molar-refractivity contribution is 5.34. The first-order valence-corrected chi connectivity index (χ1v) is 6.34. The average molecular weight is 204 g/mol. The molecule has 0 aliphatic rings. The number of aryl methyl sites for hydroxylation is 2. The molecule has 0 N–H and O–H groups in total. The fourth-order valence-electron chi connectivity index (χ4n) is 2.07. The first kappa shape index (κ1) is 12.3. The molecule has 1 aromatic carbocycles. The number of rotatable bonds is 5. The van der Waals surface area contributed by atoms with Crippen LogP contribution in [0.3, 0.4) is 0 Å². The second-order valence-corrected chi connectivity index (χ2v) is 4.45. The Balaban J connectivity index is 3.03. The van der Waals surface area contributed by atoms with Crippen LogP contribution in [0.5, 0.6) is 0 Å². The maximum Gasteiger partial charge on any atom is -0.0190 e. The topological polar surface area (TPSA) is 0 Å². The van der Waals surface area contributed by atoms with E-state index in [9.17, 15) is 0 Å². The summed E-state index contributed by atoms with van der Waals surface area (Å²) in [5.74, 6) is 0.706. The molecular formula is C15H24. The SMILES string of the molecule is CCCc1cc(CC)ccc1C(C)CC. The second-order valence-electron chi connectivity index (χ2n) is 4.45. The molecule has 0 heteroatoms. The van der Waals surface area contributed by atoms with Gasteiger partial charge in [0.25, 0.3) is 0 Å². The van der Waals surface area contributed by atoms with Crippen molar-refractivity contribution >= 4 is 0 Å².